The Bertz CT molecular complexity index is 552. The van der Waals surface area contributed by atoms with Gasteiger partial charge < -0.3 is 14.8 Å². The zero-order valence-electron chi connectivity index (χ0n) is 13.0. The second kappa shape index (κ2) is 6.46. The Morgan fingerprint density at radius 1 is 1.32 bits per heavy atom. The number of carbonyl (C=O) groups excluding carboxylic acids is 2. The minimum absolute atomic E-state index is 0.0316. The molecule has 2 aliphatic rings. The van der Waals surface area contributed by atoms with Crippen LogP contribution in [-0.4, -0.2) is 50.6 Å². The average Bonchev–Trinajstić information content (AvgIpc) is 3.30. The lowest BCUT2D eigenvalue weighted by molar-refractivity contribution is -0.143. The number of nitrogens with zero attached hydrogens (tertiary/aromatic N) is 4. The van der Waals surface area contributed by atoms with Gasteiger partial charge in [0.15, 0.2) is 0 Å². The quantitative estimate of drug-likeness (QED) is 0.846. The lowest BCUT2D eigenvalue weighted by Gasteiger charge is -2.34. The van der Waals surface area contributed by atoms with E-state index in [0.717, 1.165) is 44.5 Å². The average molecular weight is 305 g/mol. The summed E-state index contributed by atoms with van der Waals surface area (Å²) >= 11 is 0. The first-order valence-corrected chi connectivity index (χ1v) is 8.08. The van der Waals surface area contributed by atoms with Crippen LogP contribution in [-0.2, 0) is 23.1 Å². The van der Waals surface area contributed by atoms with Gasteiger partial charge in [-0.25, -0.2) is 0 Å². The van der Waals surface area contributed by atoms with E-state index in [2.05, 4.69) is 15.5 Å². The molecule has 0 aromatic carbocycles. The Morgan fingerprint density at radius 3 is 2.82 bits per heavy atom. The number of rotatable bonds is 5. The predicted octanol–water partition coefficient (Wildman–Crippen LogP) is 0.265. The third-order valence-electron chi connectivity index (χ3n) is 4.47. The molecule has 22 heavy (non-hydrogen) atoms. The summed E-state index contributed by atoms with van der Waals surface area (Å²) in [5, 5.41) is 10.8. The second-order valence-electron chi connectivity index (χ2n) is 6.22. The van der Waals surface area contributed by atoms with Crippen LogP contribution in [0.5, 0.6) is 0 Å². The molecule has 0 unspecified atom stereocenters. The highest BCUT2D eigenvalue weighted by molar-refractivity contribution is 5.89. The van der Waals surface area contributed by atoms with Crippen molar-refractivity contribution >= 4 is 11.8 Å². The van der Waals surface area contributed by atoms with Crippen LogP contribution in [0.15, 0.2) is 6.33 Å². The molecule has 0 bridgehead atoms. The standard InChI is InChI=1S/C15H23N5O2/c1-19-10-17-18-13(19)7-8-16-14(21)12-4-2-3-9-20(12)15(22)11-5-6-11/h10-12H,2-9H2,1H3,(H,16,21)/t12-/m1/s1. The molecule has 1 aliphatic carbocycles. The smallest absolute Gasteiger partial charge is 0.242 e. The number of aryl methyl sites for hydroxylation is 1. The number of amides is 2. The normalized spacial score (nSPS) is 21.7. The fourth-order valence-corrected chi connectivity index (χ4v) is 2.98. The summed E-state index contributed by atoms with van der Waals surface area (Å²) in [7, 11) is 1.88. The van der Waals surface area contributed by atoms with Gasteiger partial charge in [-0.2, -0.15) is 0 Å². The third kappa shape index (κ3) is 3.28. The van der Waals surface area contributed by atoms with Gasteiger partial charge in [0.1, 0.15) is 18.2 Å². The van der Waals surface area contributed by atoms with E-state index < -0.39 is 0 Å². The van der Waals surface area contributed by atoms with Crippen molar-refractivity contribution in [1.29, 1.82) is 0 Å². The van der Waals surface area contributed by atoms with Gasteiger partial charge in [-0.3, -0.25) is 9.59 Å². The van der Waals surface area contributed by atoms with Crippen molar-refractivity contribution in [3.8, 4) is 0 Å². The SMILES string of the molecule is Cn1cnnc1CCNC(=O)[C@H]1CCCCN1C(=O)C1CC1. The van der Waals surface area contributed by atoms with E-state index in [1.54, 1.807) is 11.2 Å². The monoisotopic (exact) mass is 305 g/mol. The number of aromatic nitrogens is 3. The molecule has 2 fully saturated rings. The molecule has 1 saturated heterocycles. The van der Waals surface area contributed by atoms with Crippen molar-refractivity contribution in [1.82, 2.24) is 25.0 Å². The van der Waals surface area contributed by atoms with Gasteiger partial charge in [0.25, 0.3) is 0 Å². The number of nitrogens with one attached hydrogen (secondary N) is 1. The van der Waals surface area contributed by atoms with Crippen molar-refractivity contribution in [2.75, 3.05) is 13.1 Å². The van der Waals surface area contributed by atoms with E-state index in [-0.39, 0.29) is 23.8 Å². The van der Waals surface area contributed by atoms with Gasteiger partial charge in [0.2, 0.25) is 11.8 Å². The lowest BCUT2D eigenvalue weighted by atomic mass is 10.0. The zero-order chi connectivity index (χ0) is 15.5. The number of carbonyl (C=O) groups is 2. The van der Waals surface area contributed by atoms with E-state index in [4.69, 9.17) is 0 Å². The van der Waals surface area contributed by atoms with E-state index in [1.165, 1.54) is 0 Å². The molecule has 7 nitrogen and oxygen atoms in total. The fourth-order valence-electron chi connectivity index (χ4n) is 2.98. The molecular weight excluding hydrogens is 282 g/mol. The Labute approximate surface area is 130 Å². The Morgan fingerprint density at radius 2 is 2.14 bits per heavy atom. The molecule has 1 saturated carbocycles. The Balaban J connectivity index is 1.53. The summed E-state index contributed by atoms with van der Waals surface area (Å²) in [5.74, 6) is 1.16. The minimum Gasteiger partial charge on any atom is -0.354 e. The maximum absolute atomic E-state index is 12.4. The number of piperidine rings is 1. The molecule has 120 valence electrons. The van der Waals surface area contributed by atoms with Crippen LogP contribution in [0.2, 0.25) is 0 Å². The maximum Gasteiger partial charge on any atom is 0.242 e. The maximum atomic E-state index is 12.4. The summed E-state index contributed by atoms with van der Waals surface area (Å²) < 4.78 is 1.84. The molecule has 1 N–H and O–H groups in total. The molecule has 2 amide bonds. The summed E-state index contributed by atoms with van der Waals surface area (Å²) in [6.07, 6.45) is 7.04. The molecule has 1 aromatic rings. The number of hydrogen-bond acceptors (Lipinski definition) is 4. The van der Waals surface area contributed by atoms with Gasteiger partial charge in [-0.1, -0.05) is 0 Å². The zero-order valence-corrected chi connectivity index (χ0v) is 13.0. The van der Waals surface area contributed by atoms with E-state index in [0.29, 0.717) is 13.0 Å². The molecule has 3 rings (SSSR count). The van der Waals surface area contributed by atoms with Crippen molar-refractivity contribution in [3.63, 3.8) is 0 Å². The molecular formula is C15H23N5O2. The Kier molecular flexibility index (Phi) is 4.40. The van der Waals surface area contributed by atoms with Crippen LogP contribution in [0.1, 0.15) is 37.9 Å². The topological polar surface area (TPSA) is 80.1 Å². The van der Waals surface area contributed by atoms with Gasteiger partial charge in [-0.15, -0.1) is 10.2 Å². The van der Waals surface area contributed by atoms with Crippen molar-refractivity contribution in [2.45, 2.75) is 44.6 Å². The summed E-state index contributed by atoms with van der Waals surface area (Å²) in [4.78, 5) is 26.5. The van der Waals surface area contributed by atoms with E-state index in [9.17, 15) is 9.59 Å². The fraction of sp³-hybridized carbons (Fsp3) is 0.733. The molecule has 2 heterocycles. The van der Waals surface area contributed by atoms with Crippen molar-refractivity contribution < 1.29 is 9.59 Å². The van der Waals surface area contributed by atoms with Gasteiger partial charge in [0, 0.05) is 32.5 Å². The predicted molar refractivity (Wildman–Crippen MR) is 79.8 cm³/mol. The highest BCUT2D eigenvalue weighted by Gasteiger charge is 2.39. The molecule has 1 aliphatic heterocycles. The molecule has 0 radical (unpaired) electrons. The first-order chi connectivity index (χ1) is 10.7. The van der Waals surface area contributed by atoms with Crippen LogP contribution in [0.4, 0.5) is 0 Å². The minimum atomic E-state index is -0.290. The van der Waals surface area contributed by atoms with Gasteiger partial charge >= 0.3 is 0 Å². The highest BCUT2D eigenvalue weighted by Crippen LogP contribution is 2.33. The van der Waals surface area contributed by atoms with Gasteiger partial charge in [0.05, 0.1) is 0 Å². The largest absolute Gasteiger partial charge is 0.354 e. The highest BCUT2D eigenvalue weighted by atomic mass is 16.2. The van der Waals surface area contributed by atoms with Crippen LogP contribution in [0, 0.1) is 5.92 Å². The first-order valence-electron chi connectivity index (χ1n) is 8.08. The van der Waals surface area contributed by atoms with Crippen LogP contribution < -0.4 is 5.32 Å². The van der Waals surface area contributed by atoms with Crippen molar-refractivity contribution in [2.24, 2.45) is 13.0 Å². The summed E-state index contributed by atoms with van der Waals surface area (Å²) in [6, 6.07) is -0.290. The molecule has 7 heteroatoms. The second-order valence-corrected chi connectivity index (χ2v) is 6.22. The summed E-state index contributed by atoms with van der Waals surface area (Å²) in [5.41, 5.74) is 0. The molecule has 0 spiro atoms. The van der Waals surface area contributed by atoms with Crippen LogP contribution in [0.3, 0.4) is 0 Å². The third-order valence-corrected chi connectivity index (χ3v) is 4.47. The Hall–Kier alpha value is -1.92. The number of likely N-dealkylation sites (tertiary alicyclic amines) is 1. The van der Waals surface area contributed by atoms with Crippen molar-refractivity contribution in [3.05, 3.63) is 12.2 Å². The first kappa shape index (κ1) is 15.0. The number of hydrogen-bond donors (Lipinski definition) is 1. The van der Waals surface area contributed by atoms with Gasteiger partial charge in [-0.05, 0) is 32.1 Å². The lowest BCUT2D eigenvalue weighted by Crippen LogP contribution is -2.52. The molecule has 1 atom stereocenters. The van der Waals surface area contributed by atoms with E-state index in [1.807, 2.05) is 11.6 Å². The van der Waals surface area contributed by atoms with Crippen LogP contribution in [0.25, 0.3) is 0 Å². The summed E-state index contributed by atoms with van der Waals surface area (Å²) in [6.45, 7) is 1.24. The molecule has 1 aromatic heterocycles. The van der Waals surface area contributed by atoms with E-state index >= 15 is 0 Å². The van der Waals surface area contributed by atoms with Crippen LogP contribution >= 0.6 is 0 Å².